The van der Waals surface area contributed by atoms with Crippen LogP contribution >= 0.6 is 0 Å². The van der Waals surface area contributed by atoms with Crippen LogP contribution in [0.1, 0.15) is 36.5 Å². The van der Waals surface area contributed by atoms with Crippen LogP contribution in [-0.2, 0) is 0 Å². The molecular formula is C14H19N3O3. The lowest BCUT2D eigenvalue weighted by atomic mass is 9.80. The molecule has 1 aliphatic carbocycles. The highest BCUT2D eigenvalue weighted by Gasteiger charge is 2.26. The number of hydrogen-bond donors (Lipinski definition) is 2. The van der Waals surface area contributed by atoms with Crippen molar-refractivity contribution in [3.05, 3.63) is 33.9 Å². The fourth-order valence-electron chi connectivity index (χ4n) is 2.38. The molecule has 1 aromatic rings. The van der Waals surface area contributed by atoms with Crippen molar-refractivity contribution >= 4 is 17.3 Å². The van der Waals surface area contributed by atoms with Crippen LogP contribution in [0.3, 0.4) is 0 Å². The summed E-state index contributed by atoms with van der Waals surface area (Å²) in [4.78, 5) is 22.6. The fourth-order valence-corrected chi connectivity index (χ4v) is 2.38. The Bertz CT molecular complexity index is 526. The Labute approximate surface area is 117 Å². The lowest BCUT2D eigenvalue weighted by Crippen LogP contribution is -2.40. The van der Waals surface area contributed by atoms with E-state index in [-0.39, 0.29) is 17.6 Å². The number of carbonyl (C=O) groups excluding carboxylic acids is 1. The molecule has 0 heterocycles. The zero-order valence-electron chi connectivity index (χ0n) is 11.7. The maximum absolute atomic E-state index is 12.1. The van der Waals surface area contributed by atoms with E-state index in [1.807, 2.05) is 6.92 Å². The van der Waals surface area contributed by atoms with Crippen molar-refractivity contribution in [1.29, 1.82) is 0 Å². The third kappa shape index (κ3) is 2.89. The lowest BCUT2D eigenvalue weighted by molar-refractivity contribution is -0.384. The molecule has 0 radical (unpaired) electrons. The van der Waals surface area contributed by atoms with Gasteiger partial charge in [-0.05, 0) is 37.8 Å². The molecule has 1 aromatic carbocycles. The first-order valence-corrected chi connectivity index (χ1v) is 6.80. The summed E-state index contributed by atoms with van der Waals surface area (Å²) in [7, 11) is 1.61. The predicted octanol–water partition coefficient (Wildman–Crippen LogP) is 2.55. The average Bonchev–Trinajstić information content (AvgIpc) is 2.35. The van der Waals surface area contributed by atoms with Gasteiger partial charge in [0.1, 0.15) is 5.69 Å². The predicted molar refractivity (Wildman–Crippen MR) is 76.9 cm³/mol. The standard InChI is InChI=1S/C14H19N3O3/c1-9(10-4-3-5-10)16-14(18)11-6-7-12(15-2)13(8-11)17(19)20/h6-10,15H,3-5H2,1-2H3,(H,16,18). The van der Waals surface area contributed by atoms with Gasteiger partial charge in [0.15, 0.2) is 0 Å². The number of carbonyl (C=O) groups is 1. The zero-order chi connectivity index (χ0) is 14.7. The van der Waals surface area contributed by atoms with Crippen molar-refractivity contribution in [3.63, 3.8) is 0 Å². The first-order chi connectivity index (χ1) is 9.52. The van der Waals surface area contributed by atoms with Crippen LogP contribution in [-0.4, -0.2) is 23.9 Å². The minimum absolute atomic E-state index is 0.0866. The molecule has 20 heavy (non-hydrogen) atoms. The highest BCUT2D eigenvalue weighted by Crippen LogP contribution is 2.30. The SMILES string of the molecule is CNc1ccc(C(=O)NC(C)C2CCC2)cc1[N+](=O)[O-]. The Balaban J connectivity index is 2.13. The molecule has 2 N–H and O–H groups in total. The van der Waals surface area contributed by atoms with Gasteiger partial charge in [-0.3, -0.25) is 14.9 Å². The van der Waals surface area contributed by atoms with Gasteiger partial charge < -0.3 is 10.6 Å². The van der Waals surface area contributed by atoms with Gasteiger partial charge in [-0.2, -0.15) is 0 Å². The second-order valence-electron chi connectivity index (χ2n) is 5.19. The van der Waals surface area contributed by atoms with Gasteiger partial charge in [0.25, 0.3) is 11.6 Å². The van der Waals surface area contributed by atoms with Crippen LogP contribution in [0, 0.1) is 16.0 Å². The summed E-state index contributed by atoms with van der Waals surface area (Å²) in [6, 6.07) is 4.58. The van der Waals surface area contributed by atoms with Crippen LogP contribution < -0.4 is 10.6 Å². The van der Waals surface area contributed by atoms with Crippen molar-refractivity contribution in [2.24, 2.45) is 5.92 Å². The first-order valence-electron chi connectivity index (χ1n) is 6.80. The second kappa shape index (κ2) is 5.90. The summed E-state index contributed by atoms with van der Waals surface area (Å²) < 4.78 is 0. The van der Waals surface area contributed by atoms with Crippen molar-refractivity contribution < 1.29 is 9.72 Å². The second-order valence-corrected chi connectivity index (χ2v) is 5.19. The topological polar surface area (TPSA) is 84.3 Å². The highest BCUT2D eigenvalue weighted by molar-refractivity contribution is 5.95. The molecule has 0 spiro atoms. The maximum atomic E-state index is 12.1. The van der Waals surface area contributed by atoms with E-state index in [9.17, 15) is 14.9 Å². The fraction of sp³-hybridized carbons (Fsp3) is 0.500. The smallest absolute Gasteiger partial charge is 0.293 e. The van der Waals surface area contributed by atoms with E-state index in [4.69, 9.17) is 0 Å². The quantitative estimate of drug-likeness (QED) is 0.640. The number of rotatable bonds is 5. The van der Waals surface area contributed by atoms with E-state index >= 15 is 0 Å². The molecule has 1 saturated carbocycles. The average molecular weight is 277 g/mol. The molecule has 0 bridgehead atoms. The molecule has 2 rings (SSSR count). The van der Waals surface area contributed by atoms with Crippen LogP contribution in [0.25, 0.3) is 0 Å². The third-order valence-corrected chi connectivity index (χ3v) is 3.94. The Morgan fingerprint density at radius 3 is 2.65 bits per heavy atom. The van der Waals surface area contributed by atoms with E-state index in [0.29, 0.717) is 17.2 Å². The normalized spacial score (nSPS) is 16.1. The van der Waals surface area contributed by atoms with Gasteiger partial charge >= 0.3 is 0 Å². The molecule has 0 aromatic heterocycles. The van der Waals surface area contributed by atoms with Crippen molar-refractivity contribution in [2.75, 3.05) is 12.4 Å². The summed E-state index contributed by atoms with van der Waals surface area (Å²) in [6.07, 6.45) is 3.49. The van der Waals surface area contributed by atoms with E-state index < -0.39 is 4.92 Å². The van der Waals surface area contributed by atoms with Gasteiger partial charge in [-0.15, -0.1) is 0 Å². The largest absolute Gasteiger partial charge is 0.383 e. The van der Waals surface area contributed by atoms with Gasteiger partial charge in [-0.1, -0.05) is 6.42 Å². The van der Waals surface area contributed by atoms with Crippen LogP contribution in [0.5, 0.6) is 0 Å². The molecule has 6 heteroatoms. The molecule has 0 aliphatic heterocycles. The summed E-state index contributed by atoms with van der Waals surface area (Å²) >= 11 is 0. The Morgan fingerprint density at radius 1 is 1.45 bits per heavy atom. The van der Waals surface area contributed by atoms with E-state index in [0.717, 1.165) is 12.8 Å². The van der Waals surface area contributed by atoms with E-state index in [1.54, 1.807) is 19.2 Å². The molecule has 1 fully saturated rings. The van der Waals surface area contributed by atoms with Gasteiger partial charge in [-0.25, -0.2) is 0 Å². The highest BCUT2D eigenvalue weighted by atomic mass is 16.6. The number of nitro benzene ring substituents is 1. The van der Waals surface area contributed by atoms with E-state index in [1.165, 1.54) is 12.5 Å². The molecule has 108 valence electrons. The number of anilines is 1. The van der Waals surface area contributed by atoms with Crippen LogP contribution in [0.2, 0.25) is 0 Å². The van der Waals surface area contributed by atoms with Crippen molar-refractivity contribution in [3.8, 4) is 0 Å². The van der Waals surface area contributed by atoms with Gasteiger partial charge in [0.05, 0.1) is 4.92 Å². The first kappa shape index (κ1) is 14.3. The third-order valence-electron chi connectivity index (χ3n) is 3.94. The number of amides is 1. The van der Waals surface area contributed by atoms with Crippen molar-refractivity contribution in [1.82, 2.24) is 5.32 Å². The Morgan fingerprint density at radius 2 is 2.15 bits per heavy atom. The van der Waals surface area contributed by atoms with Crippen LogP contribution in [0.4, 0.5) is 11.4 Å². The van der Waals surface area contributed by atoms with Crippen LogP contribution in [0.15, 0.2) is 18.2 Å². The molecule has 0 saturated heterocycles. The minimum atomic E-state index is -0.488. The lowest BCUT2D eigenvalue weighted by Gasteiger charge is -2.31. The molecule has 1 atom stereocenters. The zero-order valence-corrected chi connectivity index (χ0v) is 11.7. The van der Waals surface area contributed by atoms with Gasteiger partial charge in [0, 0.05) is 24.7 Å². The number of nitrogens with zero attached hydrogens (tertiary/aromatic N) is 1. The van der Waals surface area contributed by atoms with Gasteiger partial charge in [0.2, 0.25) is 0 Å². The van der Waals surface area contributed by atoms with E-state index in [2.05, 4.69) is 10.6 Å². The Kier molecular flexibility index (Phi) is 4.22. The molecule has 1 unspecified atom stereocenters. The molecule has 1 aliphatic rings. The summed E-state index contributed by atoms with van der Waals surface area (Å²) in [5.41, 5.74) is 0.636. The Hall–Kier alpha value is -2.11. The maximum Gasteiger partial charge on any atom is 0.293 e. The summed E-state index contributed by atoms with van der Waals surface area (Å²) in [6.45, 7) is 1.98. The minimum Gasteiger partial charge on any atom is -0.383 e. The molecule has 6 nitrogen and oxygen atoms in total. The monoisotopic (exact) mass is 277 g/mol. The van der Waals surface area contributed by atoms with Crippen molar-refractivity contribution in [2.45, 2.75) is 32.2 Å². The number of nitro groups is 1. The molecule has 1 amide bonds. The number of nitrogens with one attached hydrogen (secondary N) is 2. The number of hydrogen-bond acceptors (Lipinski definition) is 4. The summed E-state index contributed by atoms with van der Waals surface area (Å²) in [5.74, 6) is 0.278. The summed E-state index contributed by atoms with van der Waals surface area (Å²) in [5, 5.41) is 16.6. The molecular weight excluding hydrogens is 258 g/mol. The number of benzene rings is 1.